The van der Waals surface area contributed by atoms with Crippen molar-refractivity contribution < 1.29 is 9.53 Å². The maximum atomic E-state index is 12.1. The molecule has 0 spiro atoms. The van der Waals surface area contributed by atoms with Gasteiger partial charge in [-0.3, -0.25) is 4.79 Å². The molecule has 8 heteroatoms. The Morgan fingerprint density at radius 3 is 3.04 bits per heavy atom. The highest BCUT2D eigenvalue weighted by atomic mass is 16.5. The van der Waals surface area contributed by atoms with Gasteiger partial charge in [0.15, 0.2) is 11.5 Å². The molecular weight excluding hydrogens is 320 g/mol. The second-order valence-corrected chi connectivity index (χ2v) is 6.68. The number of ether oxygens (including phenoxy) is 1. The molecule has 2 heterocycles. The van der Waals surface area contributed by atoms with Gasteiger partial charge in [0.05, 0.1) is 25.6 Å². The van der Waals surface area contributed by atoms with Gasteiger partial charge in [0.2, 0.25) is 5.91 Å². The molecular formula is C17H26N6O2. The van der Waals surface area contributed by atoms with Crippen LogP contribution in [0.4, 0.5) is 5.82 Å². The number of likely N-dealkylation sites (N-methyl/N-ethyl adjacent to an activating group) is 1. The van der Waals surface area contributed by atoms with E-state index in [1.807, 2.05) is 7.05 Å². The first kappa shape index (κ1) is 17.6. The zero-order chi connectivity index (χ0) is 17.6. The first-order chi connectivity index (χ1) is 12.1. The number of amides is 1. The summed E-state index contributed by atoms with van der Waals surface area (Å²) in [6, 6.07) is 0. The molecule has 0 saturated heterocycles. The summed E-state index contributed by atoms with van der Waals surface area (Å²) in [6.07, 6.45) is 8.27. The third-order valence-electron chi connectivity index (χ3n) is 4.73. The molecule has 1 aliphatic carbocycles. The van der Waals surface area contributed by atoms with E-state index in [1.54, 1.807) is 11.2 Å². The second-order valence-electron chi connectivity index (χ2n) is 6.68. The molecule has 0 unspecified atom stereocenters. The van der Waals surface area contributed by atoms with Crippen LogP contribution < -0.4 is 10.2 Å². The van der Waals surface area contributed by atoms with Crippen molar-refractivity contribution in [2.24, 2.45) is 5.92 Å². The number of aromatic amines is 1. The quantitative estimate of drug-likeness (QED) is 0.738. The van der Waals surface area contributed by atoms with E-state index in [4.69, 9.17) is 4.74 Å². The zero-order valence-corrected chi connectivity index (χ0v) is 14.9. The molecule has 136 valence electrons. The fourth-order valence-electron chi connectivity index (χ4n) is 3.32. The first-order valence-corrected chi connectivity index (χ1v) is 8.88. The molecule has 3 rings (SSSR count). The molecule has 2 N–H and O–H groups in total. The fourth-order valence-corrected chi connectivity index (χ4v) is 3.32. The number of nitrogens with zero attached hydrogens (tertiary/aromatic N) is 4. The van der Waals surface area contributed by atoms with Gasteiger partial charge in [0, 0.05) is 13.6 Å². The number of hydrogen-bond donors (Lipinski definition) is 2. The summed E-state index contributed by atoms with van der Waals surface area (Å²) in [7, 11) is 1.82. The van der Waals surface area contributed by atoms with Crippen LogP contribution in [0.25, 0.3) is 11.2 Å². The Bertz CT molecular complexity index is 703. The Morgan fingerprint density at radius 2 is 2.20 bits per heavy atom. The van der Waals surface area contributed by atoms with Crippen LogP contribution in [0.2, 0.25) is 0 Å². The molecule has 1 saturated carbocycles. The number of anilines is 1. The maximum absolute atomic E-state index is 12.1. The van der Waals surface area contributed by atoms with E-state index in [-0.39, 0.29) is 12.5 Å². The lowest BCUT2D eigenvalue weighted by Gasteiger charge is -2.28. The van der Waals surface area contributed by atoms with Gasteiger partial charge in [-0.05, 0) is 18.8 Å². The standard InChI is InChI=1S/C17H26N6O2/c1-12-5-3-4-6-13(12)25-8-7-18-14(24)9-23(2)17-15-16(20-10-19-15)21-11-22-17/h10-13H,3-9H2,1-2H3,(H,18,24)(H,19,20,21,22)/t12-,13+/m1/s1. The molecule has 25 heavy (non-hydrogen) atoms. The van der Waals surface area contributed by atoms with Gasteiger partial charge < -0.3 is 19.9 Å². The molecule has 0 aromatic carbocycles. The van der Waals surface area contributed by atoms with E-state index < -0.39 is 0 Å². The maximum Gasteiger partial charge on any atom is 0.239 e. The Morgan fingerprint density at radius 1 is 1.36 bits per heavy atom. The normalized spacial score (nSPS) is 20.6. The summed E-state index contributed by atoms with van der Waals surface area (Å²) in [5.41, 5.74) is 1.32. The summed E-state index contributed by atoms with van der Waals surface area (Å²) in [4.78, 5) is 29.3. The number of fused-ring (bicyclic) bond motifs is 1. The minimum absolute atomic E-state index is 0.0610. The third kappa shape index (κ3) is 4.45. The summed E-state index contributed by atoms with van der Waals surface area (Å²) < 4.78 is 5.92. The van der Waals surface area contributed by atoms with E-state index in [0.29, 0.717) is 36.6 Å². The Hall–Kier alpha value is -2.22. The number of hydrogen-bond acceptors (Lipinski definition) is 6. The lowest BCUT2D eigenvalue weighted by atomic mass is 9.88. The van der Waals surface area contributed by atoms with Crippen LogP contribution in [-0.4, -0.2) is 58.7 Å². The van der Waals surface area contributed by atoms with Gasteiger partial charge in [-0.1, -0.05) is 19.8 Å². The van der Waals surface area contributed by atoms with Crippen LogP contribution in [0.1, 0.15) is 32.6 Å². The smallest absolute Gasteiger partial charge is 0.239 e. The minimum atomic E-state index is -0.0610. The van der Waals surface area contributed by atoms with E-state index >= 15 is 0 Å². The number of aromatic nitrogens is 4. The zero-order valence-electron chi connectivity index (χ0n) is 14.9. The van der Waals surface area contributed by atoms with Crippen molar-refractivity contribution in [2.45, 2.75) is 38.7 Å². The highest BCUT2D eigenvalue weighted by Crippen LogP contribution is 2.26. The lowest BCUT2D eigenvalue weighted by molar-refractivity contribution is -0.120. The molecule has 0 aliphatic heterocycles. The summed E-state index contributed by atoms with van der Waals surface area (Å²) >= 11 is 0. The Balaban J connectivity index is 1.42. The van der Waals surface area contributed by atoms with Gasteiger partial charge in [-0.25, -0.2) is 15.0 Å². The number of nitrogens with one attached hydrogen (secondary N) is 2. The molecule has 2 atom stereocenters. The molecule has 2 aromatic rings. The van der Waals surface area contributed by atoms with Crippen LogP contribution in [0.3, 0.4) is 0 Å². The van der Waals surface area contributed by atoms with E-state index in [0.717, 1.165) is 11.9 Å². The molecule has 1 amide bonds. The number of rotatable bonds is 7. The molecule has 0 radical (unpaired) electrons. The van der Waals surface area contributed by atoms with Crippen LogP contribution in [0.15, 0.2) is 12.7 Å². The van der Waals surface area contributed by atoms with Crippen molar-refractivity contribution in [1.82, 2.24) is 25.3 Å². The van der Waals surface area contributed by atoms with Crippen molar-refractivity contribution in [3.63, 3.8) is 0 Å². The summed E-state index contributed by atoms with van der Waals surface area (Å²) in [5.74, 6) is 1.21. The van der Waals surface area contributed by atoms with Crippen molar-refractivity contribution in [3.05, 3.63) is 12.7 Å². The van der Waals surface area contributed by atoms with Crippen molar-refractivity contribution >= 4 is 22.9 Å². The fraction of sp³-hybridized carbons (Fsp3) is 0.647. The largest absolute Gasteiger partial charge is 0.376 e. The monoisotopic (exact) mass is 346 g/mol. The number of carbonyl (C=O) groups is 1. The van der Waals surface area contributed by atoms with Gasteiger partial charge >= 0.3 is 0 Å². The molecule has 2 aromatic heterocycles. The number of H-pyrrole nitrogens is 1. The number of imidazole rings is 1. The van der Waals surface area contributed by atoms with Gasteiger partial charge in [-0.2, -0.15) is 0 Å². The Kier molecular flexibility index (Phi) is 5.80. The van der Waals surface area contributed by atoms with Gasteiger partial charge in [0.1, 0.15) is 11.8 Å². The SMILES string of the molecule is C[C@@H]1CCCC[C@@H]1OCCNC(=O)CN(C)c1ncnc2nc[nH]c12. The average molecular weight is 346 g/mol. The van der Waals surface area contributed by atoms with E-state index in [9.17, 15) is 4.79 Å². The topological polar surface area (TPSA) is 96.0 Å². The molecule has 0 bridgehead atoms. The molecule has 8 nitrogen and oxygen atoms in total. The van der Waals surface area contributed by atoms with E-state index in [1.165, 1.54) is 25.6 Å². The first-order valence-electron chi connectivity index (χ1n) is 8.88. The van der Waals surface area contributed by atoms with Crippen LogP contribution >= 0.6 is 0 Å². The number of carbonyl (C=O) groups excluding carboxylic acids is 1. The highest BCUT2D eigenvalue weighted by Gasteiger charge is 2.21. The lowest BCUT2D eigenvalue weighted by Crippen LogP contribution is -2.38. The predicted octanol–water partition coefficient (Wildman–Crippen LogP) is 1.50. The second kappa shape index (κ2) is 8.24. The Labute approximate surface area is 147 Å². The van der Waals surface area contributed by atoms with Gasteiger partial charge in [0.25, 0.3) is 0 Å². The third-order valence-corrected chi connectivity index (χ3v) is 4.73. The van der Waals surface area contributed by atoms with Crippen molar-refractivity contribution in [3.8, 4) is 0 Å². The van der Waals surface area contributed by atoms with Crippen molar-refractivity contribution in [2.75, 3.05) is 31.6 Å². The van der Waals surface area contributed by atoms with E-state index in [2.05, 4.69) is 32.2 Å². The summed E-state index contributed by atoms with van der Waals surface area (Å²) in [6.45, 7) is 3.54. The van der Waals surface area contributed by atoms with Crippen molar-refractivity contribution in [1.29, 1.82) is 0 Å². The van der Waals surface area contributed by atoms with Crippen LogP contribution in [-0.2, 0) is 9.53 Å². The highest BCUT2D eigenvalue weighted by molar-refractivity contribution is 5.86. The predicted molar refractivity (Wildman–Crippen MR) is 95.3 cm³/mol. The average Bonchev–Trinajstić information content (AvgIpc) is 3.08. The molecule has 1 fully saturated rings. The molecule has 1 aliphatic rings. The summed E-state index contributed by atoms with van der Waals surface area (Å²) in [5, 5.41) is 2.90. The van der Waals surface area contributed by atoms with Crippen LogP contribution in [0.5, 0.6) is 0 Å². The van der Waals surface area contributed by atoms with Crippen LogP contribution in [0, 0.1) is 5.92 Å². The minimum Gasteiger partial charge on any atom is -0.376 e. The van der Waals surface area contributed by atoms with Gasteiger partial charge in [-0.15, -0.1) is 0 Å².